The molecule has 0 spiro atoms. The number of thiophene rings is 1. The maximum atomic E-state index is 12.2. The topological polar surface area (TPSA) is 92.7 Å². The van der Waals surface area contributed by atoms with Crippen LogP contribution in [0.3, 0.4) is 0 Å². The van der Waals surface area contributed by atoms with Gasteiger partial charge in [-0.25, -0.2) is 4.98 Å². The minimum atomic E-state index is -0.183. The first-order valence-electron chi connectivity index (χ1n) is 8.19. The second kappa shape index (κ2) is 7.18. The smallest absolute Gasteiger partial charge is 0.259 e. The maximum Gasteiger partial charge on any atom is 0.259 e. The van der Waals surface area contributed by atoms with Crippen molar-refractivity contribution in [3.63, 3.8) is 0 Å². The molecule has 0 saturated heterocycles. The van der Waals surface area contributed by atoms with Crippen LogP contribution in [-0.2, 0) is 17.8 Å². The Morgan fingerprint density at radius 1 is 1.44 bits per heavy atom. The molecule has 0 saturated carbocycles. The zero-order valence-corrected chi connectivity index (χ0v) is 15.3. The standard InChI is InChI=1S/C17H21N5O2S/c1-10(9-22-8-4-6-19-22)15(23)18-7-5-13-20-16(24)14-11(2)12(3)25-17(14)21-13/h4,6,8,10H,5,7,9H2,1-3H3,(H,18,23)(H,20,21,24)/t10-/m0/s1. The molecule has 0 fully saturated rings. The lowest BCUT2D eigenvalue weighted by molar-refractivity contribution is -0.124. The van der Waals surface area contributed by atoms with Crippen LogP contribution in [0.4, 0.5) is 0 Å². The van der Waals surface area contributed by atoms with Gasteiger partial charge >= 0.3 is 0 Å². The fourth-order valence-electron chi connectivity index (χ4n) is 2.67. The lowest BCUT2D eigenvalue weighted by Gasteiger charge is -2.12. The van der Waals surface area contributed by atoms with Gasteiger partial charge in [0.25, 0.3) is 5.56 Å². The molecule has 0 aliphatic carbocycles. The van der Waals surface area contributed by atoms with E-state index in [9.17, 15) is 9.59 Å². The van der Waals surface area contributed by atoms with Gasteiger partial charge in [-0.1, -0.05) is 6.92 Å². The number of nitrogens with one attached hydrogen (secondary N) is 2. The number of fused-ring (bicyclic) bond motifs is 1. The molecule has 3 aromatic rings. The molecule has 3 aromatic heterocycles. The number of hydrogen-bond donors (Lipinski definition) is 2. The molecule has 2 N–H and O–H groups in total. The van der Waals surface area contributed by atoms with Gasteiger partial charge in [-0.05, 0) is 25.5 Å². The quantitative estimate of drug-likeness (QED) is 0.702. The number of amides is 1. The number of aryl methyl sites for hydroxylation is 2. The summed E-state index contributed by atoms with van der Waals surface area (Å²) < 4.78 is 1.73. The van der Waals surface area contributed by atoms with Crippen LogP contribution in [0.1, 0.15) is 23.2 Å². The predicted octanol–water partition coefficient (Wildman–Crippen LogP) is 1.79. The summed E-state index contributed by atoms with van der Waals surface area (Å²) in [6.45, 7) is 6.75. The normalized spacial score (nSPS) is 12.4. The molecular weight excluding hydrogens is 338 g/mol. The minimum Gasteiger partial charge on any atom is -0.355 e. The Morgan fingerprint density at radius 3 is 2.96 bits per heavy atom. The van der Waals surface area contributed by atoms with Crippen LogP contribution in [0.15, 0.2) is 23.3 Å². The lowest BCUT2D eigenvalue weighted by atomic mass is 10.1. The van der Waals surface area contributed by atoms with Crippen LogP contribution in [0, 0.1) is 19.8 Å². The van der Waals surface area contributed by atoms with E-state index >= 15 is 0 Å². The summed E-state index contributed by atoms with van der Waals surface area (Å²) in [4.78, 5) is 33.6. The third-order valence-corrected chi connectivity index (χ3v) is 5.32. The first-order chi connectivity index (χ1) is 12.0. The maximum absolute atomic E-state index is 12.2. The van der Waals surface area contributed by atoms with Crippen LogP contribution < -0.4 is 10.9 Å². The number of H-pyrrole nitrogens is 1. The predicted molar refractivity (Wildman–Crippen MR) is 97.8 cm³/mol. The SMILES string of the molecule is Cc1sc2nc(CCNC(=O)[C@@H](C)Cn3cccn3)[nH]c(=O)c2c1C. The summed E-state index contributed by atoms with van der Waals surface area (Å²) >= 11 is 1.53. The van der Waals surface area contributed by atoms with Gasteiger partial charge in [0.05, 0.1) is 17.8 Å². The van der Waals surface area contributed by atoms with Gasteiger partial charge in [-0.15, -0.1) is 11.3 Å². The summed E-state index contributed by atoms with van der Waals surface area (Å²) in [6.07, 6.45) is 4.01. The van der Waals surface area contributed by atoms with Crippen molar-refractivity contribution in [2.75, 3.05) is 6.54 Å². The van der Waals surface area contributed by atoms with E-state index in [1.807, 2.05) is 33.0 Å². The highest BCUT2D eigenvalue weighted by atomic mass is 32.1. The van der Waals surface area contributed by atoms with Crippen molar-refractivity contribution in [3.8, 4) is 0 Å². The first kappa shape index (κ1) is 17.3. The molecule has 0 aromatic carbocycles. The monoisotopic (exact) mass is 359 g/mol. The fourth-order valence-corrected chi connectivity index (χ4v) is 3.72. The van der Waals surface area contributed by atoms with E-state index in [-0.39, 0.29) is 17.4 Å². The number of carbonyl (C=O) groups is 1. The molecule has 0 bridgehead atoms. The molecule has 3 heterocycles. The minimum absolute atomic E-state index is 0.0401. The summed E-state index contributed by atoms with van der Waals surface area (Å²) in [6, 6.07) is 1.83. The average molecular weight is 359 g/mol. The number of hydrogen-bond acceptors (Lipinski definition) is 5. The number of carbonyl (C=O) groups excluding carboxylic acids is 1. The largest absolute Gasteiger partial charge is 0.355 e. The fraction of sp³-hybridized carbons (Fsp3) is 0.412. The van der Waals surface area contributed by atoms with Gasteiger partial charge in [0.1, 0.15) is 10.7 Å². The molecule has 7 nitrogen and oxygen atoms in total. The number of aromatic amines is 1. The number of aromatic nitrogens is 4. The van der Waals surface area contributed by atoms with E-state index < -0.39 is 0 Å². The number of nitrogens with zero attached hydrogens (tertiary/aromatic N) is 3. The first-order valence-corrected chi connectivity index (χ1v) is 9.01. The highest BCUT2D eigenvalue weighted by molar-refractivity contribution is 7.18. The van der Waals surface area contributed by atoms with Crippen LogP contribution in [0.25, 0.3) is 10.2 Å². The average Bonchev–Trinajstić information content (AvgIpc) is 3.16. The molecule has 132 valence electrons. The molecule has 0 unspecified atom stereocenters. The summed E-state index contributed by atoms with van der Waals surface area (Å²) in [5.41, 5.74) is 0.876. The van der Waals surface area contributed by atoms with Crippen molar-refractivity contribution in [1.82, 2.24) is 25.1 Å². The van der Waals surface area contributed by atoms with Crippen LogP contribution >= 0.6 is 11.3 Å². The number of rotatable bonds is 6. The van der Waals surface area contributed by atoms with Crippen molar-refractivity contribution in [1.29, 1.82) is 0 Å². The lowest BCUT2D eigenvalue weighted by Crippen LogP contribution is -2.33. The van der Waals surface area contributed by atoms with Gasteiger partial charge in [0, 0.05) is 30.2 Å². The van der Waals surface area contributed by atoms with E-state index in [0.29, 0.717) is 30.7 Å². The van der Waals surface area contributed by atoms with Gasteiger partial charge in [-0.2, -0.15) is 5.10 Å². The van der Waals surface area contributed by atoms with E-state index in [1.165, 1.54) is 11.3 Å². The molecule has 0 aliphatic heterocycles. The van der Waals surface area contributed by atoms with Gasteiger partial charge in [0.15, 0.2) is 0 Å². The van der Waals surface area contributed by atoms with E-state index in [4.69, 9.17) is 0 Å². The van der Waals surface area contributed by atoms with E-state index in [1.54, 1.807) is 10.9 Å². The molecule has 0 aliphatic rings. The van der Waals surface area contributed by atoms with Crippen molar-refractivity contribution in [2.24, 2.45) is 5.92 Å². The van der Waals surface area contributed by atoms with Gasteiger partial charge < -0.3 is 10.3 Å². The van der Waals surface area contributed by atoms with Crippen LogP contribution in [-0.4, -0.2) is 32.2 Å². The highest BCUT2D eigenvalue weighted by Crippen LogP contribution is 2.25. The molecule has 3 rings (SSSR count). The second-order valence-electron chi connectivity index (χ2n) is 6.15. The zero-order valence-electron chi connectivity index (χ0n) is 14.5. The van der Waals surface area contributed by atoms with Crippen molar-refractivity contribution in [2.45, 2.75) is 33.7 Å². The van der Waals surface area contributed by atoms with Gasteiger partial charge in [-0.3, -0.25) is 14.3 Å². The van der Waals surface area contributed by atoms with Gasteiger partial charge in [0.2, 0.25) is 5.91 Å². The van der Waals surface area contributed by atoms with Crippen molar-refractivity contribution >= 4 is 27.5 Å². The molecule has 8 heteroatoms. The Hall–Kier alpha value is -2.48. The summed E-state index contributed by atoms with van der Waals surface area (Å²) in [5.74, 6) is 0.373. The van der Waals surface area contributed by atoms with Crippen molar-refractivity contribution < 1.29 is 4.79 Å². The Kier molecular flexibility index (Phi) is 4.98. The van der Waals surface area contributed by atoms with Crippen molar-refractivity contribution in [3.05, 3.63) is 45.1 Å². The Morgan fingerprint density at radius 2 is 2.24 bits per heavy atom. The molecule has 0 radical (unpaired) electrons. The van der Waals surface area contributed by atoms with Crippen LogP contribution in [0.2, 0.25) is 0 Å². The second-order valence-corrected chi connectivity index (χ2v) is 7.35. The molecule has 25 heavy (non-hydrogen) atoms. The van der Waals surface area contributed by atoms with E-state index in [0.717, 1.165) is 15.3 Å². The Balaban J connectivity index is 1.59. The highest BCUT2D eigenvalue weighted by Gasteiger charge is 2.14. The Labute approximate surface area is 149 Å². The molecular formula is C17H21N5O2S. The zero-order chi connectivity index (χ0) is 18.0. The Bertz CT molecular complexity index is 942. The molecule has 1 atom stereocenters. The molecule has 1 amide bonds. The third-order valence-electron chi connectivity index (χ3n) is 4.22. The van der Waals surface area contributed by atoms with Crippen LogP contribution in [0.5, 0.6) is 0 Å². The summed E-state index contributed by atoms with van der Waals surface area (Å²) in [5, 5.41) is 7.66. The van der Waals surface area contributed by atoms with E-state index in [2.05, 4.69) is 20.4 Å². The third kappa shape index (κ3) is 3.79. The summed E-state index contributed by atoms with van der Waals surface area (Å²) in [7, 11) is 0.